The Hall–Kier alpha value is -3.68. The molecule has 0 aromatic heterocycles. The zero-order chi connectivity index (χ0) is 24.8. The molecular formula is C26H34N4O4. The largest absolute Gasteiger partial charge is 0.497 e. The Morgan fingerprint density at radius 2 is 1.12 bits per heavy atom. The predicted molar refractivity (Wildman–Crippen MR) is 134 cm³/mol. The van der Waals surface area contributed by atoms with Crippen molar-refractivity contribution < 1.29 is 19.1 Å². The Kier molecular flexibility index (Phi) is 11.3. The number of amides is 2. The third-order valence-electron chi connectivity index (χ3n) is 5.23. The minimum Gasteiger partial charge on any atom is -0.497 e. The van der Waals surface area contributed by atoms with E-state index in [0.717, 1.165) is 48.3 Å². The van der Waals surface area contributed by atoms with E-state index in [-0.39, 0.29) is 11.8 Å². The fourth-order valence-electron chi connectivity index (χ4n) is 3.15. The molecule has 34 heavy (non-hydrogen) atoms. The van der Waals surface area contributed by atoms with Crippen molar-refractivity contribution in [1.29, 1.82) is 0 Å². The molecule has 0 heterocycles. The van der Waals surface area contributed by atoms with Crippen molar-refractivity contribution in [2.75, 3.05) is 14.2 Å². The van der Waals surface area contributed by atoms with Gasteiger partial charge in [-0.15, -0.1) is 0 Å². The number of carbonyl (C=O) groups is 2. The number of methoxy groups -OCH3 is 2. The van der Waals surface area contributed by atoms with E-state index in [1.165, 1.54) is 0 Å². The topological polar surface area (TPSA) is 101 Å². The van der Waals surface area contributed by atoms with E-state index in [4.69, 9.17) is 9.47 Å². The molecule has 0 saturated heterocycles. The van der Waals surface area contributed by atoms with Crippen LogP contribution in [0.3, 0.4) is 0 Å². The highest BCUT2D eigenvalue weighted by molar-refractivity contribution is 6.00. The SMILES string of the molecule is COc1cccc(C(C)=NNC(=O)CCCCCCC(=O)NN=C(C)c2cccc(OC)c2)c1. The van der Waals surface area contributed by atoms with Gasteiger partial charge >= 0.3 is 0 Å². The van der Waals surface area contributed by atoms with Crippen molar-refractivity contribution in [2.24, 2.45) is 10.2 Å². The van der Waals surface area contributed by atoms with Crippen LogP contribution in [0.2, 0.25) is 0 Å². The molecular weight excluding hydrogens is 432 g/mol. The van der Waals surface area contributed by atoms with Crippen LogP contribution in [0.4, 0.5) is 0 Å². The number of hydrogen-bond donors (Lipinski definition) is 2. The average molecular weight is 467 g/mol. The van der Waals surface area contributed by atoms with Crippen LogP contribution in [-0.2, 0) is 9.59 Å². The summed E-state index contributed by atoms with van der Waals surface area (Å²) in [6.45, 7) is 3.67. The van der Waals surface area contributed by atoms with Crippen LogP contribution in [0, 0.1) is 0 Å². The number of nitrogens with zero attached hydrogens (tertiary/aromatic N) is 2. The smallest absolute Gasteiger partial charge is 0.240 e. The highest BCUT2D eigenvalue weighted by atomic mass is 16.5. The highest BCUT2D eigenvalue weighted by Gasteiger charge is 2.05. The molecule has 8 nitrogen and oxygen atoms in total. The summed E-state index contributed by atoms with van der Waals surface area (Å²) in [4.78, 5) is 24.0. The molecule has 2 N–H and O–H groups in total. The third-order valence-corrected chi connectivity index (χ3v) is 5.23. The van der Waals surface area contributed by atoms with E-state index >= 15 is 0 Å². The standard InChI is InChI=1S/C26H34N4O4/c1-19(21-11-9-13-23(17-21)33-3)27-29-25(31)15-7-5-6-8-16-26(32)30-28-20(2)22-12-10-14-24(18-22)34-4/h9-14,17-18H,5-8,15-16H2,1-4H3,(H,29,31)(H,30,32). The second kappa shape index (κ2) is 14.5. The lowest BCUT2D eigenvalue weighted by Crippen LogP contribution is -2.19. The second-order valence-electron chi connectivity index (χ2n) is 7.84. The van der Waals surface area contributed by atoms with Gasteiger partial charge in [0.2, 0.25) is 11.8 Å². The Morgan fingerprint density at radius 1 is 0.706 bits per heavy atom. The van der Waals surface area contributed by atoms with E-state index in [0.29, 0.717) is 24.3 Å². The molecule has 0 fully saturated rings. The minimum atomic E-state index is -0.123. The van der Waals surface area contributed by atoms with Crippen LogP contribution < -0.4 is 20.3 Å². The lowest BCUT2D eigenvalue weighted by molar-refractivity contribution is -0.122. The first-order valence-corrected chi connectivity index (χ1v) is 11.4. The van der Waals surface area contributed by atoms with Crippen molar-refractivity contribution in [1.82, 2.24) is 10.9 Å². The molecule has 2 aromatic rings. The number of rotatable bonds is 13. The normalized spacial score (nSPS) is 11.6. The van der Waals surface area contributed by atoms with E-state index < -0.39 is 0 Å². The number of ether oxygens (including phenoxy) is 2. The van der Waals surface area contributed by atoms with Crippen molar-refractivity contribution in [2.45, 2.75) is 52.4 Å². The Balaban J connectivity index is 1.60. The van der Waals surface area contributed by atoms with Crippen molar-refractivity contribution in [3.63, 3.8) is 0 Å². The quantitative estimate of drug-likeness (QED) is 0.259. The molecule has 182 valence electrons. The number of carbonyl (C=O) groups excluding carboxylic acids is 2. The van der Waals surface area contributed by atoms with E-state index in [1.807, 2.05) is 62.4 Å². The highest BCUT2D eigenvalue weighted by Crippen LogP contribution is 2.14. The third kappa shape index (κ3) is 9.44. The summed E-state index contributed by atoms with van der Waals surface area (Å²) in [6.07, 6.45) is 4.01. The van der Waals surface area contributed by atoms with Crippen molar-refractivity contribution >= 4 is 23.2 Å². The number of benzene rings is 2. The number of hydrogen-bond acceptors (Lipinski definition) is 6. The summed E-state index contributed by atoms with van der Waals surface area (Å²) in [5, 5.41) is 8.33. The molecule has 0 bridgehead atoms. The molecule has 2 rings (SSSR count). The maximum absolute atomic E-state index is 12.0. The summed E-state index contributed by atoms with van der Waals surface area (Å²) in [7, 11) is 3.22. The maximum Gasteiger partial charge on any atom is 0.240 e. The number of unbranched alkanes of at least 4 members (excludes halogenated alkanes) is 3. The Bertz CT molecular complexity index is 936. The van der Waals surface area contributed by atoms with Gasteiger partial charge in [-0.3, -0.25) is 9.59 Å². The minimum absolute atomic E-state index is 0.123. The van der Waals surface area contributed by atoms with Gasteiger partial charge in [0, 0.05) is 24.0 Å². The monoisotopic (exact) mass is 466 g/mol. The first-order valence-electron chi connectivity index (χ1n) is 11.4. The Labute approximate surface area is 201 Å². The average Bonchev–Trinajstić information content (AvgIpc) is 2.87. The van der Waals surface area contributed by atoms with Crippen LogP contribution in [-0.4, -0.2) is 37.5 Å². The van der Waals surface area contributed by atoms with Gasteiger partial charge in [0.1, 0.15) is 11.5 Å². The summed E-state index contributed by atoms with van der Waals surface area (Å²) in [5.41, 5.74) is 8.39. The van der Waals surface area contributed by atoms with E-state index in [2.05, 4.69) is 21.1 Å². The van der Waals surface area contributed by atoms with Gasteiger partial charge in [-0.25, -0.2) is 10.9 Å². The second-order valence-corrected chi connectivity index (χ2v) is 7.84. The number of nitrogens with one attached hydrogen (secondary N) is 2. The van der Waals surface area contributed by atoms with Crippen LogP contribution in [0.1, 0.15) is 63.5 Å². The fraction of sp³-hybridized carbons (Fsp3) is 0.385. The van der Waals surface area contributed by atoms with Crippen molar-refractivity contribution in [3.05, 3.63) is 59.7 Å². The molecule has 2 amide bonds. The first-order chi connectivity index (χ1) is 16.4. The zero-order valence-electron chi connectivity index (χ0n) is 20.4. The van der Waals surface area contributed by atoms with Gasteiger partial charge in [0.15, 0.2) is 0 Å². The molecule has 0 aliphatic heterocycles. The van der Waals surface area contributed by atoms with Crippen LogP contribution in [0.5, 0.6) is 11.5 Å². The molecule has 0 saturated carbocycles. The van der Waals surface area contributed by atoms with Gasteiger partial charge in [-0.05, 0) is 51.0 Å². The molecule has 0 aliphatic carbocycles. The van der Waals surface area contributed by atoms with Crippen LogP contribution >= 0.6 is 0 Å². The van der Waals surface area contributed by atoms with Crippen LogP contribution in [0.15, 0.2) is 58.7 Å². The van der Waals surface area contributed by atoms with Gasteiger partial charge < -0.3 is 9.47 Å². The fourth-order valence-corrected chi connectivity index (χ4v) is 3.15. The molecule has 0 atom stereocenters. The summed E-state index contributed by atoms with van der Waals surface area (Å²) >= 11 is 0. The zero-order valence-corrected chi connectivity index (χ0v) is 20.4. The molecule has 0 radical (unpaired) electrons. The van der Waals surface area contributed by atoms with E-state index in [9.17, 15) is 9.59 Å². The molecule has 2 aromatic carbocycles. The lowest BCUT2D eigenvalue weighted by atomic mass is 10.1. The molecule has 0 aliphatic rings. The van der Waals surface area contributed by atoms with Gasteiger partial charge in [0.05, 0.1) is 25.6 Å². The number of hydrazone groups is 2. The molecule has 8 heteroatoms. The van der Waals surface area contributed by atoms with Gasteiger partial charge in [0.25, 0.3) is 0 Å². The molecule has 0 spiro atoms. The molecule has 0 unspecified atom stereocenters. The summed E-state index contributed by atoms with van der Waals surface area (Å²) < 4.78 is 10.4. The van der Waals surface area contributed by atoms with Crippen molar-refractivity contribution in [3.8, 4) is 11.5 Å². The van der Waals surface area contributed by atoms with E-state index in [1.54, 1.807) is 14.2 Å². The lowest BCUT2D eigenvalue weighted by Gasteiger charge is -2.06. The summed E-state index contributed by atoms with van der Waals surface area (Å²) in [6, 6.07) is 15.0. The Morgan fingerprint density at radius 3 is 1.50 bits per heavy atom. The first kappa shape index (κ1) is 26.6. The summed E-state index contributed by atoms with van der Waals surface area (Å²) in [5.74, 6) is 1.24. The maximum atomic E-state index is 12.0. The predicted octanol–water partition coefficient (Wildman–Crippen LogP) is 4.43. The van der Waals surface area contributed by atoms with Gasteiger partial charge in [-0.2, -0.15) is 10.2 Å². The van der Waals surface area contributed by atoms with Gasteiger partial charge in [-0.1, -0.05) is 37.1 Å². The van der Waals surface area contributed by atoms with Crippen LogP contribution in [0.25, 0.3) is 0 Å².